The highest BCUT2D eigenvalue weighted by Gasteiger charge is 2.39. The van der Waals surface area contributed by atoms with E-state index in [9.17, 15) is 9.59 Å². The van der Waals surface area contributed by atoms with Gasteiger partial charge < -0.3 is 30.7 Å². The van der Waals surface area contributed by atoms with Gasteiger partial charge in [0, 0.05) is 39.0 Å². The first-order chi connectivity index (χ1) is 29.1. The van der Waals surface area contributed by atoms with E-state index in [1.807, 2.05) is 80.3 Å². The Bertz CT molecular complexity index is 2920. The third-order valence-electron chi connectivity index (χ3n) is 11.1. The fraction of sp³-hybridized carbons (Fsp3) is 0.400. The zero-order valence-electron chi connectivity index (χ0n) is 33.9. The van der Waals surface area contributed by atoms with E-state index in [2.05, 4.69) is 40.2 Å². The molecular weight excluding hydrogens is 769 g/mol. The van der Waals surface area contributed by atoms with Gasteiger partial charge in [0.15, 0.2) is 28.4 Å². The summed E-state index contributed by atoms with van der Waals surface area (Å²) in [7, 11) is 4.00. The van der Waals surface area contributed by atoms with Crippen LogP contribution in [0, 0.1) is 6.92 Å². The van der Waals surface area contributed by atoms with Crippen molar-refractivity contribution in [3.63, 3.8) is 0 Å². The number of nitrogens with two attached hydrogens (primary N) is 2. The quantitative estimate of drug-likeness (QED) is 0.200. The molecule has 60 heavy (non-hydrogen) atoms. The summed E-state index contributed by atoms with van der Waals surface area (Å²) in [6.07, 6.45) is 5.15. The van der Waals surface area contributed by atoms with Crippen LogP contribution in [0.3, 0.4) is 0 Å². The number of fused-ring (bicyclic) bond motifs is 6. The van der Waals surface area contributed by atoms with Gasteiger partial charge in [0.1, 0.15) is 0 Å². The lowest BCUT2D eigenvalue weighted by Gasteiger charge is -2.37. The van der Waals surface area contributed by atoms with Crippen molar-refractivity contribution >= 4 is 45.3 Å². The van der Waals surface area contributed by atoms with Gasteiger partial charge in [0.05, 0.1) is 62.6 Å². The predicted octanol–water partition coefficient (Wildman–Crippen LogP) is 1.45. The van der Waals surface area contributed by atoms with Crippen LogP contribution in [-0.4, -0.2) is 127 Å². The molecule has 0 aliphatic carbocycles. The van der Waals surface area contributed by atoms with Crippen molar-refractivity contribution in [2.45, 2.75) is 51.7 Å². The SMILES string of the molecule is Cc1cccc(Cn2nc3c4cnn(CCN(C)C)c4nc(N)n3c2=O)c1.Nc1nc2c(cnn2CCN2CCC3(CC2)OCCO3)c2nn(Cc3ccccc3)c(=O)n12. The lowest BCUT2D eigenvalue weighted by molar-refractivity contribution is -0.185. The first kappa shape index (κ1) is 39.0. The monoisotopic (exact) mass is 816 g/mol. The number of rotatable bonds is 10. The summed E-state index contributed by atoms with van der Waals surface area (Å²) in [5.74, 6) is -0.147. The molecule has 2 aromatic carbocycles. The fourth-order valence-corrected chi connectivity index (χ4v) is 7.91. The molecule has 20 heteroatoms. The Morgan fingerprint density at radius 2 is 1.23 bits per heavy atom. The average Bonchev–Trinajstić information content (AvgIpc) is 4.07. The van der Waals surface area contributed by atoms with Crippen LogP contribution in [0.2, 0.25) is 0 Å². The Labute approximate surface area is 343 Å². The molecule has 0 saturated carbocycles. The average molecular weight is 817 g/mol. The summed E-state index contributed by atoms with van der Waals surface area (Å²) in [4.78, 5) is 39.1. The van der Waals surface area contributed by atoms with E-state index in [0.29, 0.717) is 72.8 Å². The van der Waals surface area contributed by atoms with Crippen LogP contribution in [0.4, 0.5) is 11.9 Å². The van der Waals surface area contributed by atoms with Crippen molar-refractivity contribution in [3.8, 4) is 0 Å². The molecule has 8 heterocycles. The van der Waals surface area contributed by atoms with E-state index in [0.717, 1.165) is 55.7 Å². The summed E-state index contributed by atoms with van der Waals surface area (Å²) >= 11 is 0. The summed E-state index contributed by atoms with van der Waals surface area (Å²) < 4.78 is 20.8. The number of piperidine rings is 1. The highest BCUT2D eigenvalue weighted by Crippen LogP contribution is 2.31. The molecule has 0 radical (unpaired) electrons. The second kappa shape index (κ2) is 15.9. The summed E-state index contributed by atoms with van der Waals surface area (Å²) in [5, 5.41) is 19.4. The maximum atomic E-state index is 12.9. The van der Waals surface area contributed by atoms with Gasteiger partial charge in [0.2, 0.25) is 11.9 Å². The number of benzene rings is 2. The number of anilines is 2. The van der Waals surface area contributed by atoms with Gasteiger partial charge in [-0.3, -0.25) is 0 Å². The van der Waals surface area contributed by atoms with E-state index < -0.39 is 0 Å². The molecule has 2 aliphatic heterocycles. The van der Waals surface area contributed by atoms with Crippen LogP contribution in [0.15, 0.2) is 76.6 Å². The fourth-order valence-electron chi connectivity index (χ4n) is 7.91. The maximum absolute atomic E-state index is 12.9. The van der Waals surface area contributed by atoms with Crippen molar-refractivity contribution in [1.82, 2.24) is 67.7 Å². The molecule has 2 fully saturated rings. The van der Waals surface area contributed by atoms with E-state index in [-0.39, 0.29) is 29.1 Å². The minimum atomic E-state index is -0.373. The van der Waals surface area contributed by atoms with Gasteiger partial charge in [0.25, 0.3) is 0 Å². The Balaban J connectivity index is 0.000000158. The molecule has 312 valence electrons. The minimum absolute atomic E-state index is 0.110. The van der Waals surface area contributed by atoms with Crippen molar-refractivity contribution in [2.75, 3.05) is 65.0 Å². The Morgan fingerprint density at radius 3 is 1.80 bits per heavy atom. The van der Waals surface area contributed by atoms with Crippen molar-refractivity contribution in [2.24, 2.45) is 0 Å². The zero-order valence-corrected chi connectivity index (χ0v) is 33.9. The third-order valence-corrected chi connectivity index (χ3v) is 11.1. The molecule has 10 rings (SSSR count). The smallest absolute Gasteiger partial charge is 0.353 e. The van der Waals surface area contributed by atoms with Crippen molar-refractivity contribution in [3.05, 3.63) is 105 Å². The number of hydrogen-bond acceptors (Lipinski definition) is 14. The van der Waals surface area contributed by atoms with Gasteiger partial charge >= 0.3 is 11.4 Å². The maximum Gasteiger partial charge on any atom is 0.353 e. The van der Waals surface area contributed by atoms with Crippen LogP contribution in [0.1, 0.15) is 29.5 Å². The molecular formula is C40H48N16O4. The molecule has 0 amide bonds. The van der Waals surface area contributed by atoms with E-state index in [4.69, 9.17) is 20.9 Å². The third kappa shape index (κ3) is 7.49. The lowest BCUT2D eigenvalue weighted by Crippen LogP contribution is -2.45. The summed E-state index contributed by atoms with van der Waals surface area (Å²) in [6, 6.07) is 17.7. The number of nitrogens with zero attached hydrogens (tertiary/aromatic N) is 14. The standard InChI is InChI=1S/C22H26N8O3.C18H22N8O/c23-20-25-18-17(19-26-29(21(31)30(19)20)15-16-4-2-1-3-5-16)14-24-28(18)11-10-27-8-6-22(7-9-27)32-12-13-33-22;1-12-5-4-6-13(9-12)11-25-18(27)26-16(22-25)14-10-20-24(8-7-23(2)3)15(14)21-17(26)19/h1-5,14H,6-13,15H2,(H2,23,25);4-6,9-10H,7-8,11H2,1-3H3,(H2,19,21). The number of aryl methyl sites for hydroxylation is 1. The highest BCUT2D eigenvalue weighted by molar-refractivity contribution is 5.90. The molecule has 6 aromatic heterocycles. The van der Waals surface area contributed by atoms with Crippen LogP contribution < -0.4 is 22.8 Å². The molecule has 0 atom stereocenters. The number of likely N-dealkylation sites (N-methyl/N-ethyl adjacent to an activating group) is 1. The second-order valence-corrected chi connectivity index (χ2v) is 15.6. The van der Waals surface area contributed by atoms with Gasteiger partial charge in [-0.15, -0.1) is 10.2 Å². The van der Waals surface area contributed by atoms with E-state index in [1.165, 1.54) is 18.2 Å². The van der Waals surface area contributed by atoms with Crippen LogP contribution in [0.25, 0.3) is 33.4 Å². The van der Waals surface area contributed by atoms with Crippen LogP contribution in [0.5, 0.6) is 0 Å². The molecule has 20 nitrogen and oxygen atoms in total. The molecule has 8 aromatic rings. The summed E-state index contributed by atoms with van der Waals surface area (Å²) in [6.45, 7) is 8.94. The first-order valence-corrected chi connectivity index (χ1v) is 20.0. The number of aromatic nitrogens is 12. The predicted molar refractivity (Wildman–Crippen MR) is 225 cm³/mol. The Kier molecular flexibility index (Phi) is 10.4. The second-order valence-electron chi connectivity index (χ2n) is 15.6. The van der Waals surface area contributed by atoms with Gasteiger partial charge in [-0.25, -0.2) is 37.1 Å². The van der Waals surface area contributed by atoms with Crippen LogP contribution in [-0.2, 0) is 35.7 Å². The number of ether oxygens (including phenoxy) is 2. The molecule has 0 bridgehead atoms. The van der Waals surface area contributed by atoms with Crippen molar-refractivity contribution in [1.29, 1.82) is 0 Å². The lowest BCUT2D eigenvalue weighted by atomic mass is 10.0. The van der Waals surface area contributed by atoms with Gasteiger partial charge in [-0.05, 0) is 32.1 Å². The molecule has 4 N–H and O–H groups in total. The molecule has 2 saturated heterocycles. The number of likely N-dealkylation sites (tertiary alicyclic amines) is 1. The normalized spacial score (nSPS) is 15.6. The molecule has 0 unspecified atom stereocenters. The Hall–Kier alpha value is -6.48. The Morgan fingerprint density at radius 1 is 0.683 bits per heavy atom. The van der Waals surface area contributed by atoms with Gasteiger partial charge in [-0.1, -0.05) is 60.2 Å². The molecule has 1 spiro atoms. The number of hydrogen-bond donors (Lipinski definition) is 2. The van der Waals surface area contributed by atoms with E-state index >= 15 is 0 Å². The largest absolute Gasteiger partial charge is 0.369 e. The zero-order chi connectivity index (χ0) is 41.5. The molecule has 2 aliphatic rings. The highest BCUT2D eigenvalue weighted by atomic mass is 16.7. The topological polar surface area (TPSA) is 217 Å². The van der Waals surface area contributed by atoms with Crippen molar-refractivity contribution < 1.29 is 9.47 Å². The minimum Gasteiger partial charge on any atom is -0.369 e. The number of nitrogen functional groups attached to an aromatic ring is 2. The van der Waals surface area contributed by atoms with Crippen LogP contribution >= 0.6 is 0 Å². The van der Waals surface area contributed by atoms with Gasteiger partial charge in [-0.2, -0.15) is 20.2 Å². The first-order valence-electron chi connectivity index (χ1n) is 20.0. The van der Waals surface area contributed by atoms with E-state index in [1.54, 1.807) is 17.1 Å². The summed E-state index contributed by atoms with van der Waals surface area (Å²) in [5.41, 5.74) is 17.0.